The fraction of sp³-hybridized carbons (Fsp3) is 0.833. The molecule has 0 saturated carbocycles. The molecule has 0 aliphatic heterocycles. The lowest BCUT2D eigenvalue weighted by Gasteiger charge is -2.21. The van der Waals surface area contributed by atoms with Gasteiger partial charge in [-0.15, -0.1) is 0 Å². The second-order valence-corrected chi connectivity index (χ2v) is 2.05. The summed E-state index contributed by atoms with van der Waals surface area (Å²) in [5.41, 5.74) is -1.74. The van der Waals surface area contributed by atoms with E-state index in [-0.39, 0.29) is 6.42 Å². The molecule has 0 aliphatic rings. The van der Waals surface area contributed by atoms with E-state index in [2.05, 4.69) is 5.32 Å². The molecule has 0 aromatic carbocycles. The van der Waals surface area contributed by atoms with Crippen LogP contribution in [0.3, 0.4) is 0 Å². The van der Waals surface area contributed by atoms with E-state index >= 15 is 0 Å². The third kappa shape index (κ3) is 1.97. The van der Waals surface area contributed by atoms with Gasteiger partial charge in [0.1, 0.15) is 0 Å². The van der Waals surface area contributed by atoms with Gasteiger partial charge in [0.15, 0.2) is 0 Å². The highest BCUT2D eigenvalue weighted by molar-refractivity contribution is 5.76. The van der Waals surface area contributed by atoms with Crippen molar-refractivity contribution in [2.45, 2.75) is 26.0 Å². The molecule has 0 aromatic heterocycles. The third-order valence-electron chi connectivity index (χ3n) is 1.33. The summed E-state index contributed by atoms with van der Waals surface area (Å²) in [6.45, 7) is 3.79. The highest BCUT2D eigenvalue weighted by atomic mass is 16.4. The number of carboxylic acid groups (broad SMARTS) is 1. The van der Waals surface area contributed by atoms with E-state index in [0.717, 1.165) is 0 Å². The molecule has 4 heteroatoms. The molecule has 0 rings (SSSR count). The number of likely N-dealkylation sites (N-methyl/N-ethyl adjacent to an activating group) is 1. The van der Waals surface area contributed by atoms with Crippen molar-refractivity contribution in [2.24, 2.45) is 0 Å². The van der Waals surface area contributed by atoms with Gasteiger partial charge in [0.05, 0.1) is 0 Å². The van der Waals surface area contributed by atoms with Crippen LogP contribution in [0.5, 0.6) is 0 Å². The molecule has 0 fully saturated rings. The molecule has 4 nitrogen and oxygen atoms in total. The summed E-state index contributed by atoms with van der Waals surface area (Å²) in [6.07, 6.45) is 0.163. The van der Waals surface area contributed by atoms with Gasteiger partial charge >= 0.3 is 5.97 Å². The van der Waals surface area contributed by atoms with Crippen molar-refractivity contribution < 1.29 is 15.0 Å². The molecule has 0 saturated heterocycles. The quantitative estimate of drug-likeness (QED) is 0.481. The van der Waals surface area contributed by atoms with E-state index in [1.165, 1.54) is 0 Å². The largest absolute Gasteiger partial charge is 0.478 e. The van der Waals surface area contributed by atoms with Crippen LogP contribution in [0.15, 0.2) is 0 Å². The summed E-state index contributed by atoms with van der Waals surface area (Å²) in [4.78, 5) is 10.3. The van der Waals surface area contributed by atoms with Crippen molar-refractivity contribution in [1.82, 2.24) is 5.32 Å². The van der Waals surface area contributed by atoms with Crippen LogP contribution < -0.4 is 5.32 Å². The van der Waals surface area contributed by atoms with Gasteiger partial charge in [-0.1, -0.05) is 13.8 Å². The molecule has 0 aromatic rings. The van der Waals surface area contributed by atoms with Crippen LogP contribution in [0.2, 0.25) is 0 Å². The minimum atomic E-state index is -1.74. The van der Waals surface area contributed by atoms with Crippen molar-refractivity contribution >= 4 is 5.97 Å². The fourth-order valence-corrected chi connectivity index (χ4v) is 0.644. The first kappa shape index (κ1) is 9.39. The Morgan fingerprint density at radius 1 is 1.60 bits per heavy atom. The summed E-state index contributed by atoms with van der Waals surface area (Å²) in [5, 5.41) is 20.1. The Morgan fingerprint density at radius 2 is 2.10 bits per heavy atom. The lowest BCUT2D eigenvalue weighted by molar-refractivity contribution is -0.162. The average molecular weight is 147 g/mol. The van der Waals surface area contributed by atoms with Crippen molar-refractivity contribution in [3.05, 3.63) is 0 Å². The molecular weight excluding hydrogens is 134 g/mol. The second kappa shape index (κ2) is 3.53. The summed E-state index contributed by atoms with van der Waals surface area (Å²) < 4.78 is 0. The van der Waals surface area contributed by atoms with Crippen molar-refractivity contribution in [3.8, 4) is 0 Å². The minimum Gasteiger partial charge on any atom is -0.478 e. The Bertz CT molecular complexity index is 126. The minimum absolute atomic E-state index is 0.163. The summed E-state index contributed by atoms with van der Waals surface area (Å²) in [6, 6.07) is 0. The molecule has 0 heterocycles. The van der Waals surface area contributed by atoms with Gasteiger partial charge in [-0.05, 0) is 13.0 Å². The maximum atomic E-state index is 10.3. The van der Waals surface area contributed by atoms with Crippen LogP contribution in [0.25, 0.3) is 0 Å². The zero-order chi connectivity index (χ0) is 8.20. The topological polar surface area (TPSA) is 69.6 Å². The summed E-state index contributed by atoms with van der Waals surface area (Å²) in [5.74, 6) is -1.23. The highest BCUT2D eigenvalue weighted by Gasteiger charge is 2.32. The molecule has 0 spiro atoms. The van der Waals surface area contributed by atoms with Crippen LogP contribution in [-0.2, 0) is 4.79 Å². The Hall–Kier alpha value is -0.610. The van der Waals surface area contributed by atoms with Crippen LogP contribution >= 0.6 is 0 Å². The molecule has 3 N–H and O–H groups in total. The van der Waals surface area contributed by atoms with Gasteiger partial charge in [0, 0.05) is 0 Å². The number of nitrogens with one attached hydrogen (secondary N) is 1. The Kier molecular flexibility index (Phi) is 3.32. The zero-order valence-electron chi connectivity index (χ0n) is 6.22. The number of carboxylic acids is 1. The third-order valence-corrected chi connectivity index (χ3v) is 1.33. The Balaban J connectivity index is 4.08. The molecule has 0 amide bonds. The first-order chi connectivity index (χ1) is 4.56. The van der Waals surface area contributed by atoms with Crippen molar-refractivity contribution in [2.75, 3.05) is 6.54 Å². The number of aliphatic hydroxyl groups is 1. The maximum absolute atomic E-state index is 10.3. The standard InChI is InChI=1S/C6H13NO3/c1-3-6(10,5(8)9)7-4-2/h7,10H,3-4H2,1-2H3,(H,8,9). The summed E-state index contributed by atoms with van der Waals surface area (Å²) >= 11 is 0. The van der Waals surface area contributed by atoms with Gasteiger partial charge < -0.3 is 10.2 Å². The smallest absolute Gasteiger partial charge is 0.351 e. The molecule has 10 heavy (non-hydrogen) atoms. The predicted octanol–water partition coefficient (Wildman–Crippen LogP) is -0.221. The Labute approximate surface area is 59.9 Å². The van der Waals surface area contributed by atoms with Gasteiger partial charge in [0.2, 0.25) is 5.72 Å². The lowest BCUT2D eigenvalue weighted by Crippen LogP contribution is -2.51. The number of carbonyl (C=O) groups is 1. The maximum Gasteiger partial charge on any atom is 0.351 e. The van der Waals surface area contributed by atoms with Crippen LogP contribution in [0.4, 0.5) is 0 Å². The average Bonchev–Trinajstić information content (AvgIpc) is 1.88. The molecule has 1 atom stereocenters. The van der Waals surface area contributed by atoms with Crippen LogP contribution in [0.1, 0.15) is 20.3 Å². The molecule has 0 bridgehead atoms. The van der Waals surface area contributed by atoms with E-state index in [1.807, 2.05) is 0 Å². The SMILES string of the molecule is CCNC(O)(CC)C(=O)O. The molecule has 0 radical (unpaired) electrons. The molecule has 0 aliphatic carbocycles. The zero-order valence-corrected chi connectivity index (χ0v) is 6.22. The monoisotopic (exact) mass is 147 g/mol. The highest BCUT2D eigenvalue weighted by Crippen LogP contribution is 2.04. The second-order valence-electron chi connectivity index (χ2n) is 2.05. The van der Waals surface area contributed by atoms with E-state index in [4.69, 9.17) is 5.11 Å². The normalized spacial score (nSPS) is 16.3. The number of hydrogen-bond donors (Lipinski definition) is 3. The van der Waals surface area contributed by atoms with E-state index in [0.29, 0.717) is 6.54 Å². The summed E-state index contributed by atoms with van der Waals surface area (Å²) in [7, 11) is 0. The fourth-order valence-electron chi connectivity index (χ4n) is 0.644. The van der Waals surface area contributed by atoms with Gasteiger partial charge in [-0.25, -0.2) is 4.79 Å². The number of aliphatic carboxylic acids is 1. The van der Waals surface area contributed by atoms with E-state index in [9.17, 15) is 9.90 Å². The number of rotatable bonds is 4. The first-order valence-electron chi connectivity index (χ1n) is 3.27. The van der Waals surface area contributed by atoms with Gasteiger partial charge in [0.25, 0.3) is 0 Å². The lowest BCUT2D eigenvalue weighted by atomic mass is 10.1. The van der Waals surface area contributed by atoms with Crippen LogP contribution in [0, 0.1) is 0 Å². The van der Waals surface area contributed by atoms with Gasteiger partial charge in [-0.2, -0.15) is 0 Å². The molecule has 1 unspecified atom stereocenters. The van der Waals surface area contributed by atoms with Crippen LogP contribution in [-0.4, -0.2) is 28.5 Å². The first-order valence-corrected chi connectivity index (χ1v) is 3.27. The van der Waals surface area contributed by atoms with Crippen molar-refractivity contribution in [1.29, 1.82) is 0 Å². The predicted molar refractivity (Wildman–Crippen MR) is 36.6 cm³/mol. The van der Waals surface area contributed by atoms with Gasteiger partial charge in [-0.3, -0.25) is 5.32 Å². The van der Waals surface area contributed by atoms with E-state index < -0.39 is 11.7 Å². The van der Waals surface area contributed by atoms with E-state index in [1.54, 1.807) is 13.8 Å². The van der Waals surface area contributed by atoms with Crippen molar-refractivity contribution in [3.63, 3.8) is 0 Å². The number of hydrogen-bond acceptors (Lipinski definition) is 3. The molecule has 60 valence electrons. The molecular formula is C6H13NO3. The Morgan fingerprint density at radius 3 is 2.20 bits per heavy atom.